The minimum Gasteiger partial charge on any atom is -0.317 e. The van der Waals surface area contributed by atoms with Crippen molar-refractivity contribution in [2.24, 2.45) is 11.8 Å². The summed E-state index contributed by atoms with van der Waals surface area (Å²) in [6.07, 6.45) is 0.947. The number of hydrogen-bond acceptors (Lipinski definition) is 1. The Morgan fingerprint density at radius 3 is 2.62 bits per heavy atom. The van der Waals surface area contributed by atoms with Gasteiger partial charge < -0.3 is 5.32 Å². The molecule has 0 aliphatic heterocycles. The Hall–Kier alpha value is -0.890. The molecule has 0 aromatic heterocycles. The second kappa shape index (κ2) is 6.64. The third-order valence-corrected chi connectivity index (χ3v) is 2.99. The molecule has 1 unspecified atom stereocenters. The molecule has 0 bridgehead atoms. The maximum absolute atomic E-state index is 13.1. The van der Waals surface area contributed by atoms with E-state index >= 15 is 0 Å². The first kappa shape index (κ1) is 13.2. The first-order chi connectivity index (χ1) is 7.63. The Morgan fingerprint density at radius 2 is 2.06 bits per heavy atom. The van der Waals surface area contributed by atoms with E-state index in [2.05, 4.69) is 26.1 Å². The lowest BCUT2D eigenvalue weighted by atomic mass is 9.89. The molecule has 0 heterocycles. The van der Waals surface area contributed by atoms with Gasteiger partial charge in [0.05, 0.1) is 0 Å². The Kier molecular flexibility index (Phi) is 5.47. The molecular weight excluding hydrogens is 201 g/mol. The van der Waals surface area contributed by atoms with Crippen molar-refractivity contribution in [3.8, 4) is 0 Å². The van der Waals surface area contributed by atoms with Crippen LogP contribution in [0.5, 0.6) is 0 Å². The topological polar surface area (TPSA) is 12.0 Å². The predicted molar refractivity (Wildman–Crippen MR) is 67.0 cm³/mol. The van der Waals surface area contributed by atoms with E-state index in [1.165, 1.54) is 6.07 Å². The van der Waals surface area contributed by atoms with Crippen molar-refractivity contribution in [1.29, 1.82) is 0 Å². The van der Waals surface area contributed by atoms with Crippen molar-refractivity contribution in [2.75, 3.05) is 13.1 Å². The van der Waals surface area contributed by atoms with Crippen molar-refractivity contribution in [1.82, 2.24) is 5.32 Å². The van der Waals surface area contributed by atoms with E-state index in [-0.39, 0.29) is 5.82 Å². The van der Waals surface area contributed by atoms with Gasteiger partial charge in [0.15, 0.2) is 0 Å². The molecule has 1 N–H and O–H groups in total. The van der Waals surface area contributed by atoms with Gasteiger partial charge in [-0.15, -0.1) is 0 Å². The van der Waals surface area contributed by atoms with E-state index in [0.29, 0.717) is 11.8 Å². The molecule has 1 nitrogen and oxygen atoms in total. The zero-order valence-corrected chi connectivity index (χ0v) is 10.5. The smallest absolute Gasteiger partial charge is 0.123 e. The largest absolute Gasteiger partial charge is 0.317 e. The van der Waals surface area contributed by atoms with Crippen LogP contribution >= 0.6 is 0 Å². The summed E-state index contributed by atoms with van der Waals surface area (Å²) in [6, 6.07) is 6.93. The van der Waals surface area contributed by atoms with Crippen LogP contribution in [0, 0.1) is 17.7 Å². The highest BCUT2D eigenvalue weighted by Gasteiger charge is 2.13. The first-order valence-corrected chi connectivity index (χ1v) is 6.08. The fraction of sp³-hybridized carbons (Fsp3) is 0.571. The number of hydrogen-bond donors (Lipinski definition) is 1. The van der Waals surface area contributed by atoms with Crippen molar-refractivity contribution in [2.45, 2.75) is 27.2 Å². The standard InChI is InChI=1S/C14H22FN/c1-4-16-10-13(11(2)3)8-12-6-5-7-14(15)9-12/h5-7,9,11,13,16H,4,8,10H2,1-3H3. The summed E-state index contributed by atoms with van der Waals surface area (Å²) in [6.45, 7) is 8.55. The molecule has 0 saturated carbocycles. The number of benzene rings is 1. The summed E-state index contributed by atoms with van der Waals surface area (Å²) < 4.78 is 13.1. The minimum atomic E-state index is -0.136. The first-order valence-electron chi connectivity index (χ1n) is 6.08. The third kappa shape index (κ3) is 4.31. The van der Waals surface area contributed by atoms with E-state index in [9.17, 15) is 4.39 Å². The van der Waals surface area contributed by atoms with E-state index < -0.39 is 0 Å². The molecule has 0 aliphatic rings. The molecule has 1 aromatic carbocycles. The normalized spacial score (nSPS) is 13.1. The van der Waals surface area contributed by atoms with E-state index in [4.69, 9.17) is 0 Å². The maximum Gasteiger partial charge on any atom is 0.123 e. The van der Waals surface area contributed by atoms with Gasteiger partial charge in [0.2, 0.25) is 0 Å². The van der Waals surface area contributed by atoms with Crippen molar-refractivity contribution in [3.63, 3.8) is 0 Å². The lowest BCUT2D eigenvalue weighted by Gasteiger charge is -2.21. The molecule has 0 spiro atoms. The summed E-state index contributed by atoms with van der Waals surface area (Å²) in [5.41, 5.74) is 1.09. The van der Waals surface area contributed by atoms with Crippen LogP contribution in [-0.2, 0) is 6.42 Å². The van der Waals surface area contributed by atoms with Crippen LogP contribution in [0.3, 0.4) is 0 Å². The van der Waals surface area contributed by atoms with Gasteiger partial charge in [-0.25, -0.2) is 4.39 Å². The Labute approximate surface area is 98.1 Å². The highest BCUT2D eigenvalue weighted by molar-refractivity contribution is 5.17. The molecule has 0 radical (unpaired) electrons. The molecule has 0 saturated heterocycles. The highest BCUT2D eigenvalue weighted by Crippen LogP contribution is 2.17. The molecule has 0 aliphatic carbocycles. The predicted octanol–water partition coefficient (Wildman–Crippen LogP) is 3.25. The lowest BCUT2D eigenvalue weighted by molar-refractivity contribution is 0.363. The second-order valence-electron chi connectivity index (χ2n) is 4.65. The number of nitrogens with one attached hydrogen (secondary N) is 1. The highest BCUT2D eigenvalue weighted by atomic mass is 19.1. The fourth-order valence-corrected chi connectivity index (χ4v) is 1.84. The van der Waals surface area contributed by atoms with E-state index in [1.54, 1.807) is 12.1 Å². The monoisotopic (exact) mass is 223 g/mol. The minimum absolute atomic E-state index is 0.136. The van der Waals surface area contributed by atoms with Crippen molar-refractivity contribution < 1.29 is 4.39 Å². The van der Waals surface area contributed by atoms with Gasteiger partial charge in [0.1, 0.15) is 5.82 Å². The molecule has 16 heavy (non-hydrogen) atoms. The zero-order valence-electron chi connectivity index (χ0n) is 10.5. The number of halogens is 1. The summed E-state index contributed by atoms with van der Waals surface area (Å²) in [7, 11) is 0. The van der Waals surface area contributed by atoms with Gasteiger partial charge in [0.25, 0.3) is 0 Å². The summed E-state index contributed by atoms with van der Waals surface area (Å²) >= 11 is 0. The summed E-state index contributed by atoms with van der Waals surface area (Å²) in [4.78, 5) is 0. The number of rotatable bonds is 6. The van der Waals surface area contributed by atoms with Crippen LogP contribution in [0.4, 0.5) is 4.39 Å². The molecule has 0 amide bonds. The molecule has 1 aromatic rings. The molecule has 0 fully saturated rings. The lowest BCUT2D eigenvalue weighted by Crippen LogP contribution is -2.27. The average Bonchev–Trinajstić information content (AvgIpc) is 2.24. The Balaban J connectivity index is 2.60. The Bertz CT molecular complexity index is 309. The zero-order chi connectivity index (χ0) is 12.0. The van der Waals surface area contributed by atoms with Gasteiger partial charge in [-0.1, -0.05) is 32.9 Å². The molecular formula is C14H22FN. The van der Waals surface area contributed by atoms with Crippen molar-refractivity contribution >= 4 is 0 Å². The fourth-order valence-electron chi connectivity index (χ4n) is 1.84. The maximum atomic E-state index is 13.1. The van der Waals surface area contributed by atoms with Crippen LogP contribution in [-0.4, -0.2) is 13.1 Å². The van der Waals surface area contributed by atoms with Crippen molar-refractivity contribution in [3.05, 3.63) is 35.6 Å². The third-order valence-electron chi connectivity index (χ3n) is 2.99. The second-order valence-corrected chi connectivity index (χ2v) is 4.65. The van der Waals surface area contributed by atoms with E-state index in [1.807, 2.05) is 6.07 Å². The van der Waals surface area contributed by atoms with Gasteiger partial charge in [-0.2, -0.15) is 0 Å². The van der Waals surface area contributed by atoms with Gasteiger partial charge in [-0.05, 0) is 49.0 Å². The van der Waals surface area contributed by atoms with Crippen LogP contribution < -0.4 is 5.32 Å². The molecule has 1 rings (SSSR count). The molecule has 90 valence electrons. The molecule has 1 atom stereocenters. The van der Waals surface area contributed by atoms with Crippen LogP contribution in [0.25, 0.3) is 0 Å². The van der Waals surface area contributed by atoms with Gasteiger partial charge >= 0.3 is 0 Å². The van der Waals surface area contributed by atoms with Gasteiger partial charge in [0, 0.05) is 0 Å². The van der Waals surface area contributed by atoms with Crippen LogP contribution in [0.2, 0.25) is 0 Å². The van der Waals surface area contributed by atoms with Crippen LogP contribution in [0.15, 0.2) is 24.3 Å². The Morgan fingerprint density at radius 1 is 1.31 bits per heavy atom. The van der Waals surface area contributed by atoms with Gasteiger partial charge in [-0.3, -0.25) is 0 Å². The average molecular weight is 223 g/mol. The molecule has 2 heteroatoms. The quantitative estimate of drug-likeness (QED) is 0.780. The summed E-state index contributed by atoms with van der Waals surface area (Å²) in [5, 5.41) is 3.37. The SMILES string of the molecule is CCNCC(Cc1cccc(F)c1)C(C)C. The van der Waals surface area contributed by atoms with Crippen LogP contribution in [0.1, 0.15) is 26.3 Å². The van der Waals surface area contributed by atoms with E-state index in [0.717, 1.165) is 25.1 Å². The summed E-state index contributed by atoms with van der Waals surface area (Å²) in [5.74, 6) is 1.05.